The number of hydrogen-bond acceptors (Lipinski definition) is 4. The normalized spacial score (nSPS) is 26.6. The molecule has 1 atom stereocenters. The lowest BCUT2D eigenvalue weighted by Crippen LogP contribution is -2.62. The van der Waals surface area contributed by atoms with Crippen LogP contribution in [0.25, 0.3) is 0 Å². The van der Waals surface area contributed by atoms with Crippen molar-refractivity contribution in [2.24, 2.45) is 0 Å². The Morgan fingerprint density at radius 3 is 2.83 bits per heavy atom. The van der Waals surface area contributed by atoms with Crippen molar-refractivity contribution in [3.63, 3.8) is 0 Å². The van der Waals surface area contributed by atoms with Gasteiger partial charge in [-0.2, -0.15) is 0 Å². The van der Waals surface area contributed by atoms with Gasteiger partial charge in [-0.1, -0.05) is 6.07 Å². The number of amides is 2. The molecule has 2 amide bonds. The first-order chi connectivity index (χ1) is 11.0. The van der Waals surface area contributed by atoms with Gasteiger partial charge in [-0.3, -0.25) is 14.5 Å². The molecule has 5 nitrogen and oxygen atoms in total. The van der Waals surface area contributed by atoms with E-state index in [1.54, 1.807) is 11.3 Å². The fourth-order valence-electron chi connectivity index (χ4n) is 3.65. The smallest absolute Gasteiger partial charge is 0.227 e. The Hall–Kier alpha value is -1.40. The Morgan fingerprint density at radius 1 is 1.26 bits per heavy atom. The van der Waals surface area contributed by atoms with E-state index in [9.17, 15) is 9.59 Å². The van der Waals surface area contributed by atoms with E-state index in [0.29, 0.717) is 12.8 Å². The molecule has 0 bridgehead atoms. The van der Waals surface area contributed by atoms with Crippen LogP contribution in [0.2, 0.25) is 0 Å². The third kappa shape index (κ3) is 3.43. The first-order valence-corrected chi connectivity index (χ1v) is 9.13. The largest absolute Gasteiger partial charge is 0.346 e. The molecule has 126 valence electrons. The molecule has 2 aliphatic rings. The van der Waals surface area contributed by atoms with Gasteiger partial charge in [-0.05, 0) is 31.3 Å². The summed E-state index contributed by atoms with van der Waals surface area (Å²) in [6, 6.07) is 4.01. The summed E-state index contributed by atoms with van der Waals surface area (Å²) in [7, 11) is 4.01. The Balaban J connectivity index is 1.71. The van der Waals surface area contributed by atoms with Crippen molar-refractivity contribution in [2.45, 2.75) is 31.2 Å². The first kappa shape index (κ1) is 16.5. The zero-order valence-corrected chi connectivity index (χ0v) is 14.8. The summed E-state index contributed by atoms with van der Waals surface area (Å²) in [5, 5.41) is 2.01. The van der Waals surface area contributed by atoms with Crippen molar-refractivity contribution in [1.82, 2.24) is 14.7 Å². The van der Waals surface area contributed by atoms with Gasteiger partial charge in [-0.15, -0.1) is 11.3 Å². The van der Waals surface area contributed by atoms with Gasteiger partial charge in [0.05, 0.1) is 6.42 Å². The van der Waals surface area contributed by atoms with Crippen LogP contribution in [0.3, 0.4) is 0 Å². The fraction of sp³-hybridized carbons (Fsp3) is 0.647. The molecule has 2 fully saturated rings. The van der Waals surface area contributed by atoms with Crippen LogP contribution < -0.4 is 0 Å². The number of rotatable bonds is 2. The highest BCUT2D eigenvalue weighted by Gasteiger charge is 2.42. The first-order valence-electron chi connectivity index (χ1n) is 8.25. The van der Waals surface area contributed by atoms with Gasteiger partial charge in [0.15, 0.2) is 0 Å². The summed E-state index contributed by atoms with van der Waals surface area (Å²) in [5.74, 6) is 0.432. The second-order valence-electron chi connectivity index (χ2n) is 6.78. The second kappa shape index (κ2) is 6.61. The van der Waals surface area contributed by atoms with E-state index >= 15 is 0 Å². The van der Waals surface area contributed by atoms with Gasteiger partial charge in [0, 0.05) is 50.1 Å². The van der Waals surface area contributed by atoms with Crippen molar-refractivity contribution >= 4 is 23.2 Å². The quantitative estimate of drug-likeness (QED) is 0.822. The molecule has 1 aromatic rings. The average molecular weight is 335 g/mol. The molecule has 0 saturated carbocycles. The lowest BCUT2D eigenvalue weighted by atomic mass is 9.86. The third-order valence-electron chi connectivity index (χ3n) is 5.40. The number of hydrogen-bond donors (Lipinski definition) is 0. The molecule has 2 saturated heterocycles. The minimum absolute atomic E-state index is 0.0518. The average Bonchev–Trinajstić information content (AvgIpc) is 3.00. The van der Waals surface area contributed by atoms with Crippen molar-refractivity contribution in [3.05, 3.63) is 22.4 Å². The molecule has 0 unspecified atom stereocenters. The van der Waals surface area contributed by atoms with E-state index in [-0.39, 0.29) is 17.4 Å². The number of likely N-dealkylation sites (N-methyl/N-ethyl adjacent to an activating group) is 1. The third-order valence-corrected chi connectivity index (χ3v) is 6.28. The van der Waals surface area contributed by atoms with Crippen LogP contribution >= 0.6 is 11.3 Å². The van der Waals surface area contributed by atoms with Crippen molar-refractivity contribution in [2.75, 3.05) is 40.3 Å². The van der Waals surface area contributed by atoms with Crippen LogP contribution in [0.5, 0.6) is 0 Å². The summed E-state index contributed by atoms with van der Waals surface area (Å²) >= 11 is 1.64. The van der Waals surface area contributed by atoms with E-state index in [1.807, 2.05) is 34.4 Å². The van der Waals surface area contributed by atoms with E-state index in [2.05, 4.69) is 11.9 Å². The second-order valence-corrected chi connectivity index (χ2v) is 7.81. The minimum Gasteiger partial charge on any atom is -0.346 e. The van der Waals surface area contributed by atoms with Crippen LogP contribution in [-0.4, -0.2) is 72.3 Å². The minimum atomic E-state index is -0.0518. The highest BCUT2D eigenvalue weighted by molar-refractivity contribution is 7.10. The van der Waals surface area contributed by atoms with Crippen molar-refractivity contribution < 1.29 is 9.59 Å². The lowest BCUT2D eigenvalue weighted by Gasteiger charge is -2.49. The van der Waals surface area contributed by atoms with Gasteiger partial charge in [0.1, 0.15) is 0 Å². The molecule has 6 heteroatoms. The molecule has 23 heavy (non-hydrogen) atoms. The molecule has 0 aromatic carbocycles. The SMILES string of the molecule is CN1CC[C@]2(CCC1=O)CN(C(=O)Cc1cccs1)CCN2C. The monoisotopic (exact) mass is 335 g/mol. The number of carbonyl (C=O) groups is 2. The predicted octanol–water partition coefficient (Wildman–Crippen LogP) is 1.45. The molecular formula is C17H25N3O2S. The summed E-state index contributed by atoms with van der Waals surface area (Å²) in [5.41, 5.74) is -0.0518. The summed E-state index contributed by atoms with van der Waals surface area (Å²) in [4.78, 5) is 32.0. The lowest BCUT2D eigenvalue weighted by molar-refractivity contribution is -0.136. The molecule has 0 N–H and O–H groups in total. The molecule has 3 heterocycles. The van der Waals surface area contributed by atoms with Gasteiger partial charge in [0.2, 0.25) is 11.8 Å². The highest BCUT2D eigenvalue weighted by atomic mass is 32.1. The molecule has 0 radical (unpaired) electrons. The van der Waals surface area contributed by atoms with Crippen molar-refractivity contribution in [3.8, 4) is 0 Å². The van der Waals surface area contributed by atoms with E-state index in [4.69, 9.17) is 0 Å². The van der Waals surface area contributed by atoms with Gasteiger partial charge in [-0.25, -0.2) is 0 Å². The maximum Gasteiger partial charge on any atom is 0.227 e. The Morgan fingerprint density at radius 2 is 2.09 bits per heavy atom. The number of nitrogens with zero attached hydrogens (tertiary/aromatic N) is 3. The van der Waals surface area contributed by atoms with Gasteiger partial charge < -0.3 is 9.80 Å². The molecule has 3 rings (SSSR count). The van der Waals surface area contributed by atoms with Crippen LogP contribution in [0.1, 0.15) is 24.1 Å². The number of piperazine rings is 1. The van der Waals surface area contributed by atoms with E-state index in [0.717, 1.165) is 43.9 Å². The fourth-order valence-corrected chi connectivity index (χ4v) is 4.34. The Bertz CT molecular complexity index is 574. The summed E-state index contributed by atoms with van der Waals surface area (Å²) in [6.07, 6.45) is 2.86. The van der Waals surface area contributed by atoms with Crippen LogP contribution in [0.4, 0.5) is 0 Å². The maximum atomic E-state index is 12.6. The zero-order chi connectivity index (χ0) is 16.4. The van der Waals surface area contributed by atoms with E-state index in [1.165, 1.54) is 0 Å². The van der Waals surface area contributed by atoms with Crippen LogP contribution in [-0.2, 0) is 16.0 Å². The standard InChI is InChI=1S/C17H25N3O2S/c1-18-8-7-17(6-5-15(18)21)13-20(10-9-19(17)2)16(22)12-14-4-3-11-23-14/h3-4,11H,5-10,12-13H2,1-2H3/t17-/m1/s1. The van der Waals surface area contributed by atoms with Gasteiger partial charge >= 0.3 is 0 Å². The van der Waals surface area contributed by atoms with Crippen LogP contribution in [0.15, 0.2) is 17.5 Å². The topological polar surface area (TPSA) is 43.9 Å². The molecular weight excluding hydrogens is 310 g/mol. The predicted molar refractivity (Wildman–Crippen MR) is 91.5 cm³/mol. The molecule has 1 aromatic heterocycles. The zero-order valence-electron chi connectivity index (χ0n) is 14.0. The highest BCUT2D eigenvalue weighted by Crippen LogP contribution is 2.32. The van der Waals surface area contributed by atoms with Crippen LogP contribution in [0, 0.1) is 0 Å². The van der Waals surface area contributed by atoms with Crippen molar-refractivity contribution in [1.29, 1.82) is 0 Å². The Kier molecular flexibility index (Phi) is 4.73. The summed E-state index contributed by atoms with van der Waals surface area (Å²) < 4.78 is 0. The molecule has 2 aliphatic heterocycles. The summed E-state index contributed by atoms with van der Waals surface area (Å²) in [6.45, 7) is 3.19. The number of likely N-dealkylation sites (tertiary alicyclic amines) is 1. The number of carbonyl (C=O) groups excluding carboxylic acids is 2. The molecule has 1 spiro atoms. The van der Waals surface area contributed by atoms with E-state index < -0.39 is 0 Å². The molecule has 0 aliphatic carbocycles. The van der Waals surface area contributed by atoms with Gasteiger partial charge in [0.25, 0.3) is 0 Å². The maximum absolute atomic E-state index is 12.6. The number of thiophene rings is 1. The Labute approximate surface area is 141 Å².